The van der Waals surface area contributed by atoms with Crippen LogP contribution in [0.15, 0.2) is 36.4 Å². The molecule has 0 saturated heterocycles. The number of benzene rings is 2. The van der Waals surface area contributed by atoms with E-state index in [0.717, 1.165) is 24.3 Å². The first kappa shape index (κ1) is 37.8. The molecule has 4 rings (SSSR count). The summed E-state index contributed by atoms with van der Waals surface area (Å²) in [5.41, 5.74) is -3.92. The Morgan fingerprint density at radius 3 is 1.06 bits per heavy atom. The van der Waals surface area contributed by atoms with Crippen molar-refractivity contribution in [2.24, 2.45) is 0 Å². The normalized spacial score (nSPS) is 11.6. The Bertz CT molecular complexity index is 1950. The maximum atomic E-state index is 14.1. The molecule has 0 bridgehead atoms. The van der Waals surface area contributed by atoms with E-state index in [1.807, 2.05) is 0 Å². The summed E-state index contributed by atoms with van der Waals surface area (Å²) in [4.78, 5) is 24.1. The maximum Gasteiger partial charge on any atom is 0.796 e. The van der Waals surface area contributed by atoms with Crippen molar-refractivity contribution in [1.29, 1.82) is 0 Å². The van der Waals surface area contributed by atoms with Crippen molar-refractivity contribution >= 4 is 60.7 Å². The first-order valence-electron chi connectivity index (χ1n) is 12.6. The Morgan fingerprint density at radius 1 is 0.500 bits per heavy atom. The molecule has 0 amide bonds. The highest BCUT2D eigenvalue weighted by atomic mass is 32.1. The molecule has 0 aliphatic heterocycles. The molecule has 50 heavy (non-hydrogen) atoms. The topological polar surface area (TPSA) is 52.6 Å². The quantitative estimate of drug-likeness (QED) is 0.0237. The van der Waals surface area contributed by atoms with Gasteiger partial charge in [-0.2, -0.15) is 0 Å². The molecule has 0 aliphatic carbocycles. The summed E-state index contributed by atoms with van der Waals surface area (Å²) in [7, 11) is -7.30. The summed E-state index contributed by atoms with van der Waals surface area (Å²) in [6.45, 7) is 0. The van der Waals surface area contributed by atoms with E-state index in [1.54, 1.807) is 0 Å². The summed E-state index contributed by atoms with van der Waals surface area (Å²) < 4.78 is 198. The number of hydrogen-bond acceptors (Lipinski definition) is 6. The molecule has 4 aromatic rings. The number of thiophene rings is 2. The lowest BCUT2D eigenvalue weighted by Gasteiger charge is -2.08. The van der Waals surface area contributed by atoms with Gasteiger partial charge in [0.2, 0.25) is 11.6 Å². The molecule has 0 spiro atoms. The van der Waals surface area contributed by atoms with Crippen LogP contribution in [0.25, 0.3) is 11.5 Å². The molecule has 0 radical (unpaired) electrons. The maximum absolute atomic E-state index is 14.1. The minimum Gasteiger partial charge on any atom is -0.504 e. The van der Waals surface area contributed by atoms with E-state index >= 15 is 0 Å². The minimum absolute atomic E-state index is 0.0107. The van der Waals surface area contributed by atoms with Crippen LogP contribution in [0.1, 0.15) is 40.2 Å². The molecule has 0 saturated carbocycles. The van der Waals surface area contributed by atoms with Crippen LogP contribution < -0.4 is 0 Å². The molecule has 0 unspecified atom stereocenters. The molecule has 2 heterocycles. The summed E-state index contributed by atoms with van der Waals surface area (Å²) in [5.74, 6) is -26.2. The van der Waals surface area contributed by atoms with E-state index in [9.17, 15) is 70.8 Å². The van der Waals surface area contributed by atoms with E-state index in [4.69, 9.17) is 0 Å². The fourth-order valence-electron chi connectivity index (χ4n) is 3.74. The summed E-state index contributed by atoms with van der Waals surface area (Å²) >= 11 is 1.02. The van der Waals surface area contributed by atoms with Crippen molar-refractivity contribution in [1.82, 2.24) is 0 Å². The Kier molecular flexibility index (Phi) is 11.5. The van der Waals surface area contributed by atoms with Gasteiger partial charge in [-0.05, 0) is 36.1 Å². The van der Waals surface area contributed by atoms with Gasteiger partial charge in [-0.25, -0.2) is 61.2 Å². The molecule has 0 atom stereocenters. The van der Waals surface area contributed by atoms with Crippen LogP contribution in [-0.4, -0.2) is 26.5 Å². The molecule has 2 aromatic heterocycles. The molecular weight excluding hydrogens is 752 g/mol. The summed E-state index contributed by atoms with van der Waals surface area (Å²) in [6, 6.07) is 4.30. The SMILES string of the molecule is O=C(/C=C(\OB(F)F)c1ccc(C#Cc2ccc(/C(=C/C(=O)c3c(F)c(F)c(F)c(F)c3F)OB(F)F)s2)s1)c1c(F)c(F)c(F)c(F)c1F. The van der Waals surface area contributed by atoms with Gasteiger partial charge in [0.1, 0.15) is 11.5 Å². The summed E-state index contributed by atoms with van der Waals surface area (Å²) in [5, 5.41) is 0. The van der Waals surface area contributed by atoms with Gasteiger partial charge in [0, 0.05) is 12.2 Å². The molecule has 0 aliphatic rings. The average Bonchev–Trinajstić information content (AvgIpc) is 3.73. The van der Waals surface area contributed by atoms with Crippen LogP contribution >= 0.6 is 22.7 Å². The van der Waals surface area contributed by atoms with Gasteiger partial charge in [-0.3, -0.25) is 9.59 Å². The zero-order valence-electron chi connectivity index (χ0n) is 23.4. The van der Waals surface area contributed by atoms with Crippen molar-refractivity contribution in [3.63, 3.8) is 0 Å². The van der Waals surface area contributed by atoms with Crippen molar-refractivity contribution in [3.05, 3.63) is 125 Å². The average molecular weight is 758 g/mol. The zero-order chi connectivity index (χ0) is 37.2. The Hall–Kier alpha value is -5.03. The highest BCUT2D eigenvalue weighted by Gasteiger charge is 2.32. The number of carbonyl (C=O) groups excluding carboxylic acids is 2. The van der Waals surface area contributed by atoms with Crippen LogP contribution in [0, 0.1) is 70.0 Å². The lowest BCUT2D eigenvalue weighted by atomic mass is 10.1. The summed E-state index contributed by atoms with van der Waals surface area (Å²) in [6.07, 6.45) is 0.0906. The van der Waals surface area contributed by atoms with Crippen molar-refractivity contribution in [2.75, 3.05) is 0 Å². The first-order chi connectivity index (χ1) is 23.4. The predicted molar refractivity (Wildman–Crippen MR) is 150 cm³/mol. The highest BCUT2D eigenvalue weighted by Crippen LogP contribution is 2.31. The fraction of sp³-hybridized carbons (Fsp3) is 0. The Balaban J connectivity index is 1.64. The molecular formula is C28H6B2F14O4S2. The number of ketones is 2. The second kappa shape index (κ2) is 15.2. The predicted octanol–water partition coefficient (Wildman–Crippen LogP) is 8.93. The number of hydrogen-bond donors (Lipinski definition) is 0. The van der Waals surface area contributed by atoms with E-state index in [1.165, 1.54) is 0 Å². The van der Waals surface area contributed by atoms with E-state index in [-0.39, 0.29) is 31.7 Å². The number of halogens is 14. The van der Waals surface area contributed by atoms with Gasteiger partial charge in [-0.1, -0.05) is 0 Å². The van der Waals surface area contributed by atoms with Gasteiger partial charge in [0.15, 0.2) is 58.1 Å². The third kappa shape index (κ3) is 7.89. The van der Waals surface area contributed by atoms with E-state index in [2.05, 4.69) is 21.1 Å². The largest absolute Gasteiger partial charge is 0.796 e. The van der Waals surface area contributed by atoms with E-state index < -0.39 is 107 Å². The van der Waals surface area contributed by atoms with Gasteiger partial charge in [0.05, 0.1) is 30.6 Å². The van der Waals surface area contributed by atoms with Crippen molar-refractivity contribution < 1.29 is 80.1 Å². The zero-order valence-corrected chi connectivity index (χ0v) is 25.0. The van der Waals surface area contributed by atoms with Gasteiger partial charge in [-0.15, -0.1) is 22.7 Å². The second-order valence-corrected chi connectivity index (χ2v) is 11.1. The third-order valence-electron chi connectivity index (χ3n) is 5.88. The van der Waals surface area contributed by atoms with Crippen LogP contribution in [0.2, 0.25) is 0 Å². The Labute approximate surface area is 277 Å². The minimum atomic E-state index is -3.65. The third-order valence-corrected chi connectivity index (χ3v) is 7.91. The lowest BCUT2D eigenvalue weighted by molar-refractivity contribution is 0.102. The number of rotatable bonds is 10. The van der Waals surface area contributed by atoms with E-state index in [0.29, 0.717) is 22.7 Å². The standard InChI is InChI=1S/C28H6B2F14O4S2/c31-19-17(20(32)24(36)27(39)23(19)35)11(45)7-13(47-29(41)42)15-5-3-9(49-15)1-2-10-4-6-16(50-10)14(48-30(43)44)8-12(46)18-21(33)25(37)28(40)26(38)22(18)34/h3-8H/b13-7-,14-8-. The van der Waals surface area contributed by atoms with Crippen LogP contribution in [0.3, 0.4) is 0 Å². The Morgan fingerprint density at radius 2 is 0.780 bits per heavy atom. The monoisotopic (exact) mass is 758 g/mol. The molecule has 0 N–H and O–H groups in total. The molecule has 4 nitrogen and oxygen atoms in total. The number of carbonyl (C=O) groups is 2. The molecule has 258 valence electrons. The van der Waals surface area contributed by atoms with Gasteiger partial charge < -0.3 is 9.31 Å². The van der Waals surface area contributed by atoms with Crippen LogP contribution in [0.4, 0.5) is 61.2 Å². The van der Waals surface area contributed by atoms with Crippen molar-refractivity contribution in [3.8, 4) is 11.8 Å². The molecule has 0 fully saturated rings. The van der Waals surface area contributed by atoms with Crippen LogP contribution in [0.5, 0.6) is 0 Å². The van der Waals surface area contributed by atoms with Gasteiger partial charge >= 0.3 is 14.9 Å². The molecule has 22 heteroatoms. The van der Waals surface area contributed by atoms with Crippen molar-refractivity contribution in [2.45, 2.75) is 0 Å². The molecule has 2 aromatic carbocycles. The highest BCUT2D eigenvalue weighted by molar-refractivity contribution is 7.14. The smallest absolute Gasteiger partial charge is 0.504 e. The lowest BCUT2D eigenvalue weighted by Crippen LogP contribution is -2.12. The van der Waals surface area contributed by atoms with Gasteiger partial charge in [0.25, 0.3) is 0 Å². The van der Waals surface area contributed by atoms with Crippen LogP contribution in [-0.2, 0) is 9.31 Å². The second-order valence-electron chi connectivity index (χ2n) is 8.97. The first-order valence-corrected chi connectivity index (χ1v) is 14.2. The fourth-order valence-corrected chi connectivity index (χ4v) is 5.38. The number of allylic oxidation sites excluding steroid dienone is 2.